The molecule has 20 heavy (non-hydrogen) atoms. The Hall–Kier alpha value is -1.02. The van der Waals surface area contributed by atoms with Crippen molar-refractivity contribution in [3.63, 3.8) is 0 Å². The summed E-state index contributed by atoms with van der Waals surface area (Å²) in [5.74, 6) is 0.900. The molecule has 1 aromatic heterocycles. The molecule has 8 heteroatoms. The minimum Gasteiger partial charge on any atom is -0.312 e. The SMILES string of the molecule is CCCNC(Cc1nnn(C)n1)C1CCCCS1(=O)=O. The number of tetrazole rings is 1. The summed E-state index contributed by atoms with van der Waals surface area (Å²) in [7, 11) is -1.30. The zero-order valence-electron chi connectivity index (χ0n) is 12.1. The second-order valence-corrected chi connectivity index (χ2v) is 7.70. The summed E-state index contributed by atoms with van der Waals surface area (Å²) in [6, 6.07) is -0.121. The summed E-state index contributed by atoms with van der Waals surface area (Å²) in [5.41, 5.74) is 0. The maximum Gasteiger partial charge on any atom is 0.176 e. The average molecular weight is 301 g/mol. The number of nitrogens with one attached hydrogen (secondary N) is 1. The molecule has 1 fully saturated rings. The third-order valence-electron chi connectivity index (χ3n) is 3.69. The summed E-state index contributed by atoms with van der Waals surface area (Å²) in [4.78, 5) is 1.40. The smallest absolute Gasteiger partial charge is 0.176 e. The molecule has 1 N–H and O–H groups in total. The van der Waals surface area contributed by atoms with Crippen LogP contribution in [0, 0.1) is 0 Å². The molecule has 0 amide bonds. The predicted octanol–water partition coefficient (Wildman–Crippen LogP) is 0.0881. The van der Waals surface area contributed by atoms with Gasteiger partial charge in [0.05, 0.1) is 18.1 Å². The Kier molecular flexibility index (Phi) is 5.09. The lowest BCUT2D eigenvalue weighted by molar-refractivity contribution is 0.428. The van der Waals surface area contributed by atoms with E-state index >= 15 is 0 Å². The quantitative estimate of drug-likeness (QED) is 0.801. The van der Waals surface area contributed by atoms with Gasteiger partial charge in [-0.3, -0.25) is 0 Å². The van der Waals surface area contributed by atoms with Crippen molar-refractivity contribution in [2.45, 2.75) is 50.3 Å². The molecule has 0 aromatic carbocycles. The fraction of sp³-hybridized carbons (Fsp3) is 0.917. The Morgan fingerprint density at radius 2 is 2.25 bits per heavy atom. The van der Waals surface area contributed by atoms with Gasteiger partial charge in [-0.2, -0.15) is 4.80 Å². The Labute approximate surface area is 120 Å². The normalized spacial score (nSPS) is 23.6. The van der Waals surface area contributed by atoms with Crippen LogP contribution >= 0.6 is 0 Å². The van der Waals surface area contributed by atoms with Crippen LogP contribution in [0.15, 0.2) is 0 Å². The fourth-order valence-corrected chi connectivity index (χ4v) is 4.83. The van der Waals surface area contributed by atoms with E-state index in [9.17, 15) is 8.42 Å². The van der Waals surface area contributed by atoms with E-state index in [1.165, 1.54) is 4.80 Å². The standard InChI is InChI=1S/C12H23N5O2S/c1-3-7-13-10(9-12-14-16-17(2)15-12)11-6-4-5-8-20(11,18)19/h10-11,13H,3-9H2,1-2H3. The second-order valence-electron chi connectivity index (χ2n) is 5.36. The summed E-state index contributed by atoms with van der Waals surface area (Å²) in [6.07, 6.45) is 3.96. The Morgan fingerprint density at radius 3 is 2.85 bits per heavy atom. The van der Waals surface area contributed by atoms with E-state index in [0.29, 0.717) is 18.0 Å². The highest BCUT2D eigenvalue weighted by Gasteiger charge is 2.35. The van der Waals surface area contributed by atoms with Gasteiger partial charge in [0, 0.05) is 12.5 Å². The molecule has 2 unspecified atom stereocenters. The first-order chi connectivity index (χ1) is 9.53. The molecule has 114 valence electrons. The number of hydrogen-bond acceptors (Lipinski definition) is 6. The maximum atomic E-state index is 12.3. The molecule has 0 radical (unpaired) electrons. The van der Waals surface area contributed by atoms with Crippen LogP contribution in [0.4, 0.5) is 0 Å². The van der Waals surface area contributed by atoms with Crippen molar-refractivity contribution in [2.75, 3.05) is 12.3 Å². The van der Waals surface area contributed by atoms with Crippen LogP contribution in [0.2, 0.25) is 0 Å². The van der Waals surface area contributed by atoms with Crippen LogP contribution < -0.4 is 5.32 Å². The highest BCUT2D eigenvalue weighted by atomic mass is 32.2. The van der Waals surface area contributed by atoms with Crippen molar-refractivity contribution in [3.8, 4) is 0 Å². The van der Waals surface area contributed by atoms with Crippen LogP contribution in [-0.4, -0.2) is 52.2 Å². The van der Waals surface area contributed by atoms with Crippen molar-refractivity contribution >= 4 is 9.84 Å². The summed E-state index contributed by atoms with van der Waals surface area (Å²) < 4.78 is 24.6. The Bertz CT molecular complexity index is 528. The van der Waals surface area contributed by atoms with Gasteiger partial charge in [0.2, 0.25) is 0 Å². The van der Waals surface area contributed by atoms with Crippen molar-refractivity contribution in [3.05, 3.63) is 5.82 Å². The molecule has 0 aliphatic carbocycles. The molecule has 1 aromatic rings. The highest BCUT2D eigenvalue weighted by Crippen LogP contribution is 2.23. The van der Waals surface area contributed by atoms with Crippen LogP contribution in [0.1, 0.15) is 38.4 Å². The van der Waals surface area contributed by atoms with E-state index in [1.807, 2.05) is 0 Å². The lowest BCUT2D eigenvalue weighted by atomic mass is 10.0. The van der Waals surface area contributed by atoms with E-state index in [2.05, 4.69) is 27.7 Å². The minimum atomic E-state index is -3.01. The third kappa shape index (κ3) is 3.76. The predicted molar refractivity (Wildman–Crippen MR) is 76.0 cm³/mol. The largest absolute Gasteiger partial charge is 0.312 e. The van der Waals surface area contributed by atoms with Gasteiger partial charge in [0.25, 0.3) is 0 Å². The van der Waals surface area contributed by atoms with Crippen LogP contribution in [-0.2, 0) is 23.3 Å². The first-order valence-electron chi connectivity index (χ1n) is 7.20. The lowest BCUT2D eigenvalue weighted by Gasteiger charge is -2.30. The number of hydrogen-bond donors (Lipinski definition) is 1. The summed E-state index contributed by atoms with van der Waals surface area (Å²) >= 11 is 0. The fourth-order valence-electron chi connectivity index (χ4n) is 2.70. The third-order valence-corrected chi connectivity index (χ3v) is 6.03. The molecule has 1 aliphatic heterocycles. The highest BCUT2D eigenvalue weighted by molar-refractivity contribution is 7.92. The zero-order valence-corrected chi connectivity index (χ0v) is 12.9. The van der Waals surface area contributed by atoms with Crippen molar-refractivity contribution in [2.24, 2.45) is 7.05 Å². The molecule has 1 aliphatic rings. The second kappa shape index (κ2) is 6.62. The van der Waals surface area contributed by atoms with Gasteiger partial charge in [0.1, 0.15) is 0 Å². The molecule has 7 nitrogen and oxygen atoms in total. The summed E-state index contributed by atoms with van der Waals surface area (Å²) in [6.45, 7) is 2.87. The maximum absolute atomic E-state index is 12.3. The van der Waals surface area contributed by atoms with E-state index in [-0.39, 0.29) is 11.3 Å². The first kappa shape index (κ1) is 15.4. The molecule has 1 saturated heterocycles. The number of rotatable bonds is 6. The van der Waals surface area contributed by atoms with E-state index in [4.69, 9.17) is 0 Å². The number of aromatic nitrogens is 4. The van der Waals surface area contributed by atoms with Crippen molar-refractivity contribution < 1.29 is 8.42 Å². The Morgan fingerprint density at radius 1 is 1.45 bits per heavy atom. The average Bonchev–Trinajstić information content (AvgIpc) is 2.80. The van der Waals surface area contributed by atoms with E-state index in [0.717, 1.165) is 32.2 Å². The molecular weight excluding hydrogens is 278 g/mol. The monoisotopic (exact) mass is 301 g/mol. The molecule has 2 heterocycles. The van der Waals surface area contributed by atoms with Crippen LogP contribution in [0.25, 0.3) is 0 Å². The lowest BCUT2D eigenvalue weighted by Crippen LogP contribution is -2.48. The molecule has 2 rings (SSSR count). The minimum absolute atomic E-state index is 0.121. The zero-order chi connectivity index (χ0) is 14.6. The van der Waals surface area contributed by atoms with Crippen molar-refractivity contribution in [1.29, 1.82) is 0 Å². The Balaban J connectivity index is 2.13. The molecule has 2 atom stereocenters. The molecule has 0 bridgehead atoms. The van der Waals surface area contributed by atoms with Gasteiger partial charge in [-0.1, -0.05) is 13.3 Å². The number of nitrogens with zero attached hydrogens (tertiary/aromatic N) is 4. The number of aryl methyl sites for hydroxylation is 1. The van der Waals surface area contributed by atoms with Crippen molar-refractivity contribution in [1.82, 2.24) is 25.5 Å². The van der Waals surface area contributed by atoms with Crippen LogP contribution in [0.3, 0.4) is 0 Å². The van der Waals surface area contributed by atoms with Gasteiger partial charge in [0.15, 0.2) is 15.7 Å². The molecule has 0 spiro atoms. The molecular formula is C12H23N5O2S. The van der Waals surface area contributed by atoms with E-state index < -0.39 is 9.84 Å². The molecule has 0 saturated carbocycles. The van der Waals surface area contributed by atoms with Crippen LogP contribution in [0.5, 0.6) is 0 Å². The topological polar surface area (TPSA) is 89.8 Å². The van der Waals surface area contributed by atoms with Gasteiger partial charge < -0.3 is 5.32 Å². The number of sulfone groups is 1. The first-order valence-corrected chi connectivity index (χ1v) is 8.92. The van der Waals surface area contributed by atoms with Gasteiger partial charge >= 0.3 is 0 Å². The van der Waals surface area contributed by atoms with E-state index in [1.54, 1.807) is 7.05 Å². The summed E-state index contributed by atoms with van der Waals surface area (Å²) in [5, 5.41) is 15.0. The van der Waals surface area contributed by atoms with Gasteiger partial charge in [-0.25, -0.2) is 8.42 Å². The van der Waals surface area contributed by atoms with Gasteiger partial charge in [-0.15, -0.1) is 10.2 Å². The van der Waals surface area contributed by atoms with Gasteiger partial charge in [-0.05, 0) is 31.0 Å².